The van der Waals surface area contributed by atoms with Crippen LogP contribution in [0, 0.1) is 0 Å². The van der Waals surface area contributed by atoms with Gasteiger partial charge in [0.05, 0.1) is 11.3 Å². The van der Waals surface area contributed by atoms with E-state index in [1.165, 1.54) is 30.5 Å². The summed E-state index contributed by atoms with van der Waals surface area (Å²) >= 11 is 0. The molecular weight excluding hydrogens is 529 g/mol. The van der Waals surface area contributed by atoms with Gasteiger partial charge in [0, 0.05) is 24.0 Å². The average molecular weight is 557 g/mol. The second-order valence-electron chi connectivity index (χ2n) is 9.73. The molecule has 1 N–H and O–H groups in total. The van der Waals surface area contributed by atoms with Crippen LogP contribution >= 0.6 is 0 Å². The summed E-state index contributed by atoms with van der Waals surface area (Å²) in [7, 11) is 0. The lowest BCUT2D eigenvalue weighted by Gasteiger charge is -2.22. The van der Waals surface area contributed by atoms with E-state index in [1.807, 2.05) is 0 Å². The number of halogens is 3. The van der Waals surface area contributed by atoms with Crippen molar-refractivity contribution in [3.63, 3.8) is 0 Å². The molecule has 4 aromatic rings. The monoisotopic (exact) mass is 556 g/mol. The summed E-state index contributed by atoms with van der Waals surface area (Å²) in [5, 5.41) is 13.8. The van der Waals surface area contributed by atoms with Crippen LogP contribution in [0.1, 0.15) is 56.8 Å². The molecule has 210 valence electrons. The van der Waals surface area contributed by atoms with Crippen LogP contribution in [-0.2, 0) is 11.0 Å². The molecule has 1 atom stereocenters. The van der Waals surface area contributed by atoms with Crippen LogP contribution in [-0.4, -0.2) is 36.0 Å². The lowest BCUT2D eigenvalue weighted by atomic mass is 10.1. The lowest BCUT2D eigenvalue weighted by molar-refractivity contribution is -0.152. The highest BCUT2D eigenvalue weighted by Gasteiger charge is 2.32. The molecule has 40 heavy (non-hydrogen) atoms. The van der Waals surface area contributed by atoms with E-state index in [2.05, 4.69) is 10.1 Å². The zero-order valence-corrected chi connectivity index (χ0v) is 22.1. The molecule has 0 saturated heterocycles. The van der Waals surface area contributed by atoms with Crippen molar-refractivity contribution in [2.24, 2.45) is 0 Å². The molecular formula is C28H27F3N4O5. The van der Waals surface area contributed by atoms with Gasteiger partial charge in [0.1, 0.15) is 11.5 Å². The van der Waals surface area contributed by atoms with E-state index >= 15 is 0 Å². The van der Waals surface area contributed by atoms with Gasteiger partial charge in [-0.2, -0.15) is 17.9 Å². The number of aliphatic carboxylic acids is 1. The molecule has 0 spiro atoms. The molecule has 0 aliphatic rings. The fourth-order valence-corrected chi connectivity index (χ4v) is 3.88. The largest absolute Gasteiger partial charge is 0.478 e. The fraction of sp³-hybridized carbons (Fsp3) is 0.286. The van der Waals surface area contributed by atoms with Crippen molar-refractivity contribution < 1.29 is 32.5 Å². The van der Waals surface area contributed by atoms with Gasteiger partial charge in [0.25, 0.3) is 0 Å². The Labute approximate surface area is 227 Å². The average Bonchev–Trinajstić information content (AvgIpc) is 3.25. The highest BCUT2D eigenvalue weighted by Crippen LogP contribution is 2.31. The van der Waals surface area contributed by atoms with E-state index in [-0.39, 0.29) is 17.6 Å². The van der Waals surface area contributed by atoms with Crippen molar-refractivity contribution >= 4 is 5.97 Å². The van der Waals surface area contributed by atoms with Crippen molar-refractivity contribution in [1.29, 1.82) is 0 Å². The van der Waals surface area contributed by atoms with Crippen LogP contribution in [0.5, 0.6) is 11.5 Å². The molecule has 4 rings (SSSR count). The Balaban J connectivity index is 1.75. The van der Waals surface area contributed by atoms with Gasteiger partial charge in [-0.1, -0.05) is 6.07 Å². The highest BCUT2D eigenvalue weighted by atomic mass is 19.4. The molecule has 9 nitrogen and oxygen atoms in total. The van der Waals surface area contributed by atoms with E-state index in [1.54, 1.807) is 62.6 Å². The summed E-state index contributed by atoms with van der Waals surface area (Å²) in [5.74, 6) is -0.246. The predicted octanol–water partition coefficient (Wildman–Crippen LogP) is 5.44. The molecule has 0 radical (unpaired) electrons. The van der Waals surface area contributed by atoms with Gasteiger partial charge in [-0.05, 0) is 82.3 Å². The lowest BCUT2D eigenvalue weighted by Crippen LogP contribution is -2.37. The summed E-state index contributed by atoms with van der Waals surface area (Å²) in [6, 6.07) is 13.5. The van der Waals surface area contributed by atoms with Gasteiger partial charge < -0.3 is 14.6 Å². The van der Waals surface area contributed by atoms with Crippen molar-refractivity contribution in [2.75, 3.05) is 0 Å². The quantitative estimate of drug-likeness (QED) is 0.293. The molecule has 0 amide bonds. The van der Waals surface area contributed by atoms with Gasteiger partial charge in [-0.25, -0.2) is 9.59 Å². The van der Waals surface area contributed by atoms with E-state index in [0.29, 0.717) is 17.1 Å². The van der Waals surface area contributed by atoms with Crippen molar-refractivity contribution in [3.8, 4) is 17.2 Å². The number of nitrogens with zero attached hydrogens (tertiary/aromatic N) is 4. The molecule has 2 aromatic carbocycles. The van der Waals surface area contributed by atoms with Crippen LogP contribution < -0.4 is 15.2 Å². The molecule has 0 aliphatic heterocycles. The molecule has 12 heteroatoms. The maximum atomic E-state index is 13.4. The Bertz CT molecular complexity index is 1530. The van der Waals surface area contributed by atoms with E-state index in [9.17, 15) is 27.9 Å². The summed E-state index contributed by atoms with van der Waals surface area (Å²) < 4.78 is 53.5. The minimum atomic E-state index is -4.52. The van der Waals surface area contributed by atoms with E-state index in [4.69, 9.17) is 9.47 Å². The number of carbonyl (C=O) groups is 1. The van der Waals surface area contributed by atoms with E-state index in [0.717, 1.165) is 16.8 Å². The number of benzene rings is 2. The number of pyridine rings is 1. The number of hydrogen-bond donors (Lipinski definition) is 1. The maximum Gasteiger partial charge on any atom is 0.416 e. The summed E-state index contributed by atoms with van der Waals surface area (Å²) in [6.45, 7) is 6.41. The SMILES string of the molecule is CC(C)n1c(C(Oc2ccc(OC(C)(C)C(=O)O)cc2)c2cccnc2)nn(-c2ccc(C(F)(F)F)cc2)c1=O. The number of carboxylic acid groups (broad SMARTS) is 1. The van der Waals surface area contributed by atoms with E-state index < -0.39 is 35.1 Å². The normalized spacial score (nSPS) is 12.8. The molecule has 2 heterocycles. The molecule has 0 bridgehead atoms. The molecule has 0 fully saturated rings. The van der Waals surface area contributed by atoms with Crippen LogP contribution in [0.2, 0.25) is 0 Å². The maximum absolute atomic E-state index is 13.4. The van der Waals surface area contributed by atoms with Crippen LogP contribution in [0.15, 0.2) is 77.9 Å². The number of aromatic nitrogens is 4. The Morgan fingerprint density at radius 3 is 2.12 bits per heavy atom. The third-order valence-electron chi connectivity index (χ3n) is 5.98. The number of rotatable bonds is 9. The Morgan fingerprint density at radius 2 is 1.60 bits per heavy atom. The topological polar surface area (TPSA) is 108 Å². The summed E-state index contributed by atoms with van der Waals surface area (Å²) in [4.78, 5) is 29.0. The minimum Gasteiger partial charge on any atom is -0.478 e. The zero-order valence-electron chi connectivity index (χ0n) is 22.1. The first-order valence-electron chi connectivity index (χ1n) is 12.3. The van der Waals surface area contributed by atoms with Gasteiger partial charge in [0.15, 0.2) is 17.5 Å². The molecule has 2 aromatic heterocycles. The predicted molar refractivity (Wildman–Crippen MR) is 139 cm³/mol. The molecule has 0 aliphatic carbocycles. The van der Waals surface area contributed by atoms with Crippen LogP contribution in [0.25, 0.3) is 5.69 Å². The number of hydrogen-bond acceptors (Lipinski definition) is 6. The van der Waals surface area contributed by atoms with Gasteiger partial charge in [-0.3, -0.25) is 9.55 Å². The Morgan fingerprint density at radius 1 is 0.975 bits per heavy atom. The molecule has 1 unspecified atom stereocenters. The zero-order chi connectivity index (χ0) is 29.2. The number of alkyl halides is 3. The Kier molecular flexibility index (Phi) is 7.72. The fourth-order valence-electron chi connectivity index (χ4n) is 3.88. The first-order chi connectivity index (χ1) is 18.8. The van der Waals surface area contributed by atoms with Crippen molar-refractivity contribution in [1.82, 2.24) is 19.3 Å². The smallest absolute Gasteiger partial charge is 0.416 e. The summed E-state index contributed by atoms with van der Waals surface area (Å²) in [5.41, 5.74) is -2.11. The Hall–Kier alpha value is -4.61. The van der Waals surface area contributed by atoms with Gasteiger partial charge in [0.2, 0.25) is 0 Å². The third-order valence-corrected chi connectivity index (χ3v) is 5.98. The first kappa shape index (κ1) is 28.4. The second-order valence-corrected chi connectivity index (χ2v) is 9.73. The highest BCUT2D eigenvalue weighted by molar-refractivity contribution is 5.76. The van der Waals surface area contributed by atoms with Gasteiger partial charge >= 0.3 is 17.8 Å². The first-order valence-corrected chi connectivity index (χ1v) is 12.3. The van der Waals surface area contributed by atoms with Crippen molar-refractivity contribution in [3.05, 3.63) is 100 Å². The van der Waals surface area contributed by atoms with Crippen LogP contribution in [0.3, 0.4) is 0 Å². The summed E-state index contributed by atoms with van der Waals surface area (Å²) in [6.07, 6.45) is -2.31. The van der Waals surface area contributed by atoms with Gasteiger partial charge in [-0.15, -0.1) is 5.10 Å². The molecule has 0 saturated carbocycles. The third kappa shape index (κ3) is 6.00. The standard InChI is InChI=1S/C28H27F3N4O5/c1-17(2)34-24(33-35(26(34)38)20-9-7-19(8-10-20)28(29,30)31)23(18-6-5-15-32-16-18)39-21-11-13-22(14-12-21)40-27(3,4)25(36)37/h5-17,23H,1-4H3,(H,36,37). The van der Waals surface area contributed by atoms with Crippen molar-refractivity contribution in [2.45, 2.75) is 51.6 Å². The minimum absolute atomic E-state index is 0.158. The number of ether oxygens (including phenoxy) is 2. The van der Waals surface area contributed by atoms with Crippen LogP contribution in [0.4, 0.5) is 13.2 Å². The number of carboxylic acids is 1. The second kappa shape index (κ2) is 10.9.